The van der Waals surface area contributed by atoms with Crippen molar-refractivity contribution in [2.45, 2.75) is 24.1 Å². The van der Waals surface area contributed by atoms with Crippen molar-refractivity contribution in [1.29, 1.82) is 0 Å². The van der Waals surface area contributed by atoms with Crippen LogP contribution in [0, 0.1) is 0 Å². The summed E-state index contributed by atoms with van der Waals surface area (Å²) in [6.07, 6.45) is 1.46. The molecule has 1 atom stereocenters. The highest BCUT2D eigenvalue weighted by molar-refractivity contribution is 7.90. The van der Waals surface area contributed by atoms with Crippen molar-refractivity contribution in [2.24, 2.45) is 0 Å². The van der Waals surface area contributed by atoms with Gasteiger partial charge in [-0.05, 0) is 12.8 Å². The van der Waals surface area contributed by atoms with Gasteiger partial charge in [-0.15, -0.1) is 0 Å². The summed E-state index contributed by atoms with van der Waals surface area (Å²) in [6.45, 7) is 0.955. The summed E-state index contributed by atoms with van der Waals surface area (Å²) in [4.78, 5) is 4.38. The summed E-state index contributed by atoms with van der Waals surface area (Å²) in [5, 5.41) is 3.71. The van der Waals surface area contributed by atoms with Crippen LogP contribution >= 0.6 is 0 Å². The molecule has 2 heterocycles. The number of hydrogen-bond donors (Lipinski definition) is 0. The van der Waals surface area contributed by atoms with E-state index in [4.69, 9.17) is 9.26 Å². The van der Waals surface area contributed by atoms with Crippen molar-refractivity contribution >= 4 is 10.0 Å². The van der Waals surface area contributed by atoms with Crippen LogP contribution in [0.15, 0.2) is 34.9 Å². The third-order valence-corrected chi connectivity index (χ3v) is 6.52. The van der Waals surface area contributed by atoms with Gasteiger partial charge < -0.3 is 9.26 Å². The average molecular weight is 335 g/mol. The van der Waals surface area contributed by atoms with E-state index in [1.807, 2.05) is 30.3 Å². The molecule has 1 saturated carbocycles. The van der Waals surface area contributed by atoms with E-state index in [9.17, 15) is 8.42 Å². The van der Waals surface area contributed by atoms with Gasteiger partial charge in [0.25, 0.3) is 0 Å². The first-order chi connectivity index (χ1) is 11.2. The zero-order valence-electron chi connectivity index (χ0n) is 12.5. The number of ether oxygens (including phenoxy) is 1. The maximum Gasteiger partial charge on any atom is 0.247 e. The molecule has 4 rings (SSSR count). The number of nitrogens with zero attached hydrogens (tertiary/aromatic N) is 3. The van der Waals surface area contributed by atoms with Crippen LogP contribution in [0.2, 0.25) is 0 Å². The van der Waals surface area contributed by atoms with Gasteiger partial charge in [-0.3, -0.25) is 0 Å². The van der Waals surface area contributed by atoms with Crippen molar-refractivity contribution in [2.75, 3.05) is 19.8 Å². The highest BCUT2D eigenvalue weighted by Crippen LogP contribution is 2.36. The van der Waals surface area contributed by atoms with Gasteiger partial charge in [-0.25, -0.2) is 8.42 Å². The smallest absolute Gasteiger partial charge is 0.247 e. The molecule has 122 valence electrons. The largest absolute Gasteiger partial charge is 0.378 e. The number of benzene rings is 1. The molecule has 2 fully saturated rings. The molecule has 7 nitrogen and oxygen atoms in total. The first-order valence-electron chi connectivity index (χ1n) is 7.64. The first kappa shape index (κ1) is 14.8. The summed E-state index contributed by atoms with van der Waals surface area (Å²) in [7, 11) is -3.32. The number of morpholine rings is 1. The van der Waals surface area contributed by atoms with Crippen LogP contribution in [0.3, 0.4) is 0 Å². The molecule has 8 heteroatoms. The molecule has 0 amide bonds. The van der Waals surface area contributed by atoms with Crippen LogP contribution in [0.25, 0.3) is 11.4 Å². The summed E-state index contributed by atoms with van der Waals surface area (Å²) in [5.74, 6) is 0.739. The van der Waals surface area contributed by atoms with Crippen LogP contribution in [-0.4, -0.2) is 47.9 Å². The third-order valence-electron chi connectivity index (χ3n) is 4.11. The molecular formula is C15H17N3O4S. The maximum atomic E-state index is 12.6. The summed E-state index contributed by atoms with van der Waals surface area (Å²) in [6, 6.07) is 8.90. The fraction of sp³-hybridized carbons (Fsp3) is 0.467. The lowest BCUT2D eigenvalue weighted by Gasteiger charge is -2.32. The van der Waals surface area contributed by atoms with Crippen molar-refractivity contribution in [3.8, 4) is 11.4 Å². The lowest BCUT2D eigenvalue weighted by Crippen LogP contribution is -2.44. The van der Waals surface area contributed by atoms with Gasteiger partial charge in [0.2, 0.25) is 21.7 Å². The average Bonchev–Trinajstić information content (AvgIpc) is 3.34. The van der Waals surface area contributed by atoms with Crippen molar-refractivity contribution in [3.05, 3.63) is 36.2 Å². The molecular weight excluding hydrogens is 318 g/mol. The second-order valence-corrected chi connectivity index (χ2v) is 7.93. The van der Waals surface area contributed by atoms with Crippen LogP contribution in [0.1, 0.15) is 24.8 Å². The Bertz CT molecular complexity index is 786. The van der Waals surface area contributed by atoms with E-state index >= 15 is 0 Å². The lowest BCUT2D eigenvalue weighted by atomic mass is 10.2. The topological polar surface area (TPSA) is 85.5 Å². The van der Waals surface area contributed by atoms with Gasteiger partial charge in [0.1, 0.15) is 6.04 Å². The van der Waals surface area contributed by atoms with E-state index in [0.717, 1.165) is 18.4 Å². The Morgan fingerprint density at radius 1 is 1.17 bits per heavy atom. The molecule has 1 aromatic carbocycles. The molecule has 0 spiro atoms. The molecule has 2 aliphatic rings. The Morgan fingerprint density at radius 2 is 1.96 bits per heavy atom. The highest BCUT2D eigenvalue weighted by Gasteiger charge is 2.45. The second-order valence-electron chi connectivity index (χ2n) is 5.77. The molecule has 0 unspecified atom stereocenters. The normalized spacial score (nSPS) is 23.0. The monoisotopic (exact) mass is 335 g/mol. The van der Waals surface area contributed by atoms with Gasteiger partial charge >= 0.3 is 0 Å². The van der Waals surface area contributed by atoms with E-state index in [-0.39, 0.29) is 17.7 Å². The summed E-state index contributed by atoms with van der Waals surface area (Å²) < 4.78 is 37.4. The summed E-state index contributed by atoms with van der Waals surface area (Å²) in [5.41, 5.74) is 0.829. The minimum Gasteiger partial charge on any atom is -0.378 e. The van der Waals surface area contributed by atoms with E-state index in [2.05, 4.69) is 10.1 Å². The van der Waals surface area contributed by atoms with Crippen molar-refractivity contribution in [1.82, 2.24) is 14.4 Å². The lowest BCUT2D eigenvalue weighted by molar-refractivity contribution is 0.0202. The Morgan fingerprint density at radius 3 is 2.70 bits per heavy atom. The molecule has 1 saturated heterocycles. The number of rotatable bonds is 4. The maximum absolute atomic E-state index is 12.6. The van der Waals surface area contributed by atoms with Gasteiger partial charge in [-0.1, -0.05) is 35.5 Å². The molecule has 23 heavy (non-hydrogen) atoms. The Hall–Kier alpha value is -1.77. The number of hydrogen-bond acceptors (Lipinski definition) is 6. The quantitative estimate of drug-likeness (QED) is 0.844. The fourth-order valence-corrected chi connectivity index (χ4v) is 4.67. The predicted molar refractivity (Wildman–Crippen MR) is 81.9 cm³/mol. The SMILES string of the molecule is O=S(=O)(C1CC1)N1CCOC[C@H]1c1nc(-c2ccccc2)no1. The van der Waals surface area contributed by atoms with Crippen molar-refractivity contribution in [3.63, 3.8) is 0 Å². The van der Waals surface area contributed by atoms with Gasteiger partial charge in [0.05, 0.1) is 18.5 Å². The van der Waals surface area contributed by atoms with Crippen LogP contribution in [0.4, 0.5) is 0 Å². The molecule has 2 aromatic rings. The molecule has 1 aliphatic heterocycles. The van der Waals surface area contributed by atoms with Crippen LogP contribution in [0.5, 0.6) is 0 Å². The molecule has 0 bridgehead atoms. The van der Waals surface area contributed by atoms with E-state index < -0.39 is 16.1 Å². The molecule has 1 aromatic heterocycles. The first-order valence-corrected chi connectivity index (χ1v) is 9.14. The van der Waals surface area contributed by atoms with E-state index in [1.54, 1.807) is 0 Å². The molecule has 0 radical (unpaired) electrons. The zero-order valence-corrected chi connectivity index (χ0v) is 13.3. The minimum atomic E-state index is -3.32. The van der Waals surface area contributed by atoms with Gasteiger partial charge in [0.15, 0.2) is 0 Å². The van der Waals surface area contributed by atoms with Gasteiger partial charge in [0, 0.05) is 12.1 Å². The predicted octanol–water partition coefficient (Wildman–Crippen LogP) is 1.60. The van der Waals surface area contributed by atoms with E-state index in [0.29, 0.717) is 19.0 Å². The van der Waals surface area contributed by atoms with Gasteiger partial charge in [-0.2, -0.15) is 9.29 Å². The van der Waals surface area contributed by atoms with Crippen molar-refractivity contribution < 1.29 is 17.7 Å². The highest BCUT2D eigenvalue weighted by atomic mass is 32.2. The fourth-order valence-electron chi connectivity index (χ4n) is 2.72. The second kappa shape index (κ2) is 5.70. The van der Waals surface area contributed by atoms with E-state index in [1.165, 1.54) is 4.31 Å². The summed E-state index contributed by atoms with van der Waals surface area (Å²) >= 11 is 0. The minimum absolute atomic E-state index is 0.238. The number of aromatic nitrogens is 2. The van der Waals surface area contributed by atoms with Crippen LogP contribution < -0.4 is 0 Å². The Kier molecular flexibility index (Phi) is 3.67. The molecule has 0 N–H and O–H groups in total. The Labute approximate surface area is 134 Å². The standard InChI is InChI=1S/C15H17N3O4S/c19-23(20,12-6-7-12)18-8-9-21-10-13(18)15-16-14(17-22-15)11-4-2-1-3-5-11/h1-5,12-13H,6-10H2/t13-/m0/s1. The third kappa shape index (κ3) is 2.77. The Balaban J connectivity index is 1.64. The zero-order chi connectivity index (χ0) is 15.9. The molecule has 1 aliphatic carbocycles. The van der Waals surface area contributed by atoms with Crippen LogP contribution in [-0.2, 0) is 14.8 Å². The number of sulfonamides is 1.